The Hall–Kier alpha value is -2.22. The molecule has 1 aliphatic carbocycles. The number of benzene rings is 2. The first-order chi connectivity index (χ1) is 11.7. The maximum absolute atomic E-state index is 10.0. The maximum Gasteiger partial charge on any atom is 0.118 e. The van der Waals surface area contributed by atoms with Crippen molar-refractivity contribution >= 4 is 5.57 Å². The summed E-state index contributed by atoms with van der Waals surface area (Å²) in [5.41, 5.74) is 5.01. The molecular formula is C22H26O2. The number of allylic oxidation sites excluding steroid dienone is 2. The first-order valence-electron chi connectivity index (χ1n) is 8.97. The van der Waals surface area contributed by atoms with Crippen molar-refractivity contribution in [3.05, 3.63) is 65.2 Å². The van der Waals surface area contributed by atoms with Crippen LogP contribution in [0.2, 0.25) is 0 Å². The van der Waals surface area contributed by atoms with Crippen LogP contribution in [0.15, 0.2) is 48.5 Å². The molecular weight excluding hydrogens is 296 g/mol. The predicted octanol–water partition coefficient (Wildman–Crippen LogP) is 5.79. The molecule has 0 bridgehead atoms. The van der Waals surface area contributed by atoms with Gasteiger partial charge < -0.3 is 10.2 Å². The molecule has 2 nitrogen and oxygen atoms in total. The molecule has 0 heterocycles. The lowest BCUT2D eigenvalue weighted by Gasteiger charge is -2.23. The van der Waals surface area contributed by atoms with Gasteiger partial charge in [-0.2, -0.15) is 0 Å². The van der Waals surface area contributed by atoms with E-state index in [-0.39, 0.29) is 0 Å². The molecule has 1 unspecified atom stereocenters. The van der Waals surface area contributed by atoms with Crippen LogP contribution < -0.4 is 0 Å². The molecule has 2 aromatic carbocycles. The van der Waals surface area contributed by atoms with Gasteiger partial charge in [0, 0.05) is 0 Å². The smallest absolute Gasteiger partial charge is 0.118 e. The van der Waals surface area contributed by atoms with E-state index >= 15 is 0 Å². The van der Waals surface area contributed by atoms with Crippen LogP contribution in [0.25, 0.3) is 5.57 Å². The fourth-order valence-electron chi connectivity index (χ4n) is 3.50. The van der Waals surface area contributed by atoms with Crippen molar-refractivity contribution in [1.29, 1.82) is 0 Å². The third-order valence-corrected chi connectivity index (χ3v) is 5.03. The highest BCUT2D eigenvalue weighted by Crippen LogP contribution is 2.37. The highest BCUT2D eigenvalue weighted by molar-refractivity contribution is 5.68. The third-order valence-electron chi connectivity index (χ3n) is 5.03. The topological polar surface area (TPSA) is 40.5 Å². The van der Waals surface area contributed by atoms with Crippen LogP contribution in [0, 0.1) is 0 Å². The first-order valence-corrected chi connectivity index (χ1v) is 8.97. The van der Waals surface area contributed by atoms with Crippen LogP contribution in [-0.2, 0) is 6.42 Å². The lowest BCUT2D eigenvalue weighted by molar-refractivity contribution is 0.467. The van der Waals surface area contributed by atoms with Crippen molar-refractivity contribution in [2.24, 2.45) is 0 Å². The number of rotatable bonds is 5. The normalized spacial score (nSPS) is 17.5. The van der Waals surface area contributed by atoms with Crippen LogP contribution >= 0.6 is 0 Å². The minimum Gasteiger partial charge on any atom is -0.508 e. The van der Waals surface area contributed by atoms with Gasteiger partial charge in [0.1, 0.15) is 11.5 Å². The second-order valence-electron chi connectivity index (χ2n) is 6.74. The Morgan fingerprint density at radius 1 is 1.04 bits per heavy atom. The summed E-state index contributed by atoms with van der Waals surface area (Å²) in [7, 11) is 0. The molecule has 24 heavy (non-hydrogen) atoms. The molecule has 2 N–H and O–H groups in total. The Bertz CT molecular complexity index is 713. The van der Waals surface area contributed by atoms with E-state index in [1.807, 2.05) is 24.3 Å². The van der Waals surface area contributed by atoms with Gasteiger partial charge in [0.05, 0.1) is 0 Å². The third kappa shape index (κ3) is 3.81. The molecule has 0 amide bonds. The zero-order chi connectivity index (χ0) is 16.9. The van der Waals surface area contributed by atoms with Crippen LogP contribution in [0.4, 0.5) is 0 Å². The van der Waals surface area contributed by atoms with E-state index in [1.54, 1.807) is 12.1 Å². The van der Waals surface area contributed by atoms with Crippen molar-refractivity contribution in [3.63, 3.8) is 0 Å². The Morgan fingerprint density at radius 2 is 1.83 bits per heavy atom. The number of unbranched alkanes of at least 4 members (excludes halogenated alkanes) is 1. The highest BCUT2D eigenvalue weighted by atomic mass is 16.3. The number of hydrogen-bond acceptors (Lipinski definition) is 2. The zero-order valence-corrected chi connectivity index (χ0v) is 14.3. The standard InChI is InChI=1S/C22H26O2/c1-2-3-4-20-15-19(11-14-22(20)24)18-7-5-16(6-8-18)17-9-12-21(23)13-10-17/h7,9-16,23-24H,2-6,8H2,1H3. The minimum absolute atomic E-state index is 0.328. The van der Waals surface area contributed by atoms with Gasteiger partial charge in [0.15, 0.2) is 0 Å². The summed E-state index contributed by atoms with van der Waals surface area (Å²) in [6, 6.07) is 13.6. The summed E-state index contributed by atoms with van der Waals surface area (Å²) in [6.45, 7) is 2.17. The van der Waals surface area contributed by atoms with Gasteiger partial charge in [-0.05, 0) is 84.6 Å². The Labute approximate surface area is 144 Å². The van der Waals surface area contributed by atoms with Crippen molar-refractivity contribution < 1.29 is 10.2 Å². The highest BCUT2D eigenvalue weighted by Gasteiger charge is 2.17. The van der Waals surface area contributed by atoms with Crippen molar-refractivity contribution in [3.8, 4) is 11.5 Å². The van der Waals surface area contributed by atoms with Gasteiger partial charge in [0.25, 0.3) is 0 Å². The molecule has 0 aliphatic heterocycles. The Balaban J connectivity index is 1.73. The van der Waals surface area contributed by atoms with Crippen molar-refractivity contribution in [2.45, 2.75) is 51.4 Å². The first kappa shape index (κ1) is 16.6. The molecule has 3 rings (SSSR count). The summed E-state index contributed by atoms with van der Waals surface area (Å²) in [5.74, 6) is 1.28. The zero-order valence-electron chi connectivity index (χ0n) is 14.3. The van der Waals surface area contributed by atoms with Gasteiger partial charge >= 0.3 is 0 Å². The maximum atomic E-state index is 10.0. The molecule has 1 atom stereocenters. The van der Waals surface area contributed by atoms with Gasteiger partial charge in [0.2, 0.25) is 0 Å². The summed E-state index contributed by atoms with van der Waals surface area (Å²) in [6.07, 6.45) is 8.76. The van der Waals surface area contributed by atoms with Crippen molar-refractivity contribution in [1.82, 2.24) is 0 Å². The minimum atomic E-state index is 0.328. The predicted molar refractivity (Wildman–Crippen MR) is 99.4 cm³/mol. The van der Waals surface area contributed by atoms with E-state index in [0.717, 1.165) is 44.1 Å². The molecule has 0 spiro atoms. The summed E-state index contributed by atoms with van der Waals surface area (Å²) in [4.78, 5) is 0. The average molecular weight is 322 g/mol. The second-order valence-corrected chi connectivity index (χ2v) is 6.74. The molecule has 0 aromatic heterocycles. The molecule has 2 heteroatoms. The lowest BCUT2D eigenvalue weighted by atomic mass is 9.82. The van der Waals surface area contributed by atoms with Gasteiger partial charge in [-0.1, -0.05) is 37.6 Å². The monoisotopic (exact) mass is 322 g/mol. The molecule has 0 saturated carbocycles. The average Bonchev–Trinajstić information content (AvgIpc) is 2.62. The SMILES string of the molecule is CCCCc1cc(C2=CCC(c3ccc(O)cc3)CC2)ccc1O. The molecule has 2 aromatic rings. The van der Waals surface area contributed by atoms with Crippen LogP contribution in [0.5, 0.6) is 11.5 Å². The van der Waals surface area contributed by atoms with E-state index in [1.165, 1.54) is 16.7 Å². The molecule has 0 radical (unpaired) electrons. The number of aryl methyl sites for hydroxylation is 1. The molecule has 126 valence electrons. The van der Waals surface area contributed by atoms with E-state index in [4.69, 9.17) is 0 Å². The number of phenolic OH excluding ortho intramolecular Hbond substituents is 2. The van der Waals surface area contributed by atoms with Gasteiger partial charge in [-0.15, -0.1) is 0 Å². The van der Waals surface area contributed by atoms with E-state index < -0.39 is 0 Å². The number of phenols is 2. The van der Waals surface area contributed by atoms with Crippen LogP contribution in [0.1, 0.15) is 61.6 Å². The summed E-state index contributed by atoms with van der Waals surface area (Å²) < 4.78 is 0. The Morgan fingerprint density at radius 3 is 2.50 bits per heavy atom. The molecule has 0 saturated heterocycles. The largest absolute Gasteiger partial charge is 0.508 e. The number of aromatic hydroxyl groups is 2. The number of hydrogen-bond donors (Lipinski definition) is 2. The molecule has 1 aliphatic rings. The van der Waals surface area contributed by atoms with Crippen LogP contribution in [0.3, 0.4) is 0 Å². The van der Waals surface area contributed by atoms with Gasteiger partial charge in [-0.25, -0.2) is 0 Å². The van der Waals surface area contributed by atoms with E-state index in [2.05, 4.69) is 19.1 Å². The second kappa shape index (κ2) is 7.57. The van der Waals surface area contributed by atoms with Gasteiger partial charge in [-0.3, -0.25) is 0 Å². The molecule has 0 fully saturated rings. The van der Waals surface area contributed by atoms with Crippen LogP contribution in [-0.4, -0.2) is 10.2 Å². The fraction of sp³-hybridized carbons (Fsp3) is 0.364. The quantitative estimate of drug-likeness (QED) is 0.731. The summed E-state index contributed by atoms with van der Waals surface area (Å²) in [5, 5.41) is 19.5. The summed E-state index contributed by atoms with van der Waals surface area (Å²) >= 11 is 0. The Kier molecular flexibility index (Phi) is 5.24. The van der Waals surface area contributed by atoms with E-state index in [0.29, 0.717) is 17.4 Å². The lowest BCUT2D eigenvalue weighted by Crippen LogP contribution is -2.04. The fourth-order valence-corrected chi connectivity index (χ4v) is 3.50. The van der Waals surface area contributed by atoms with Crippen molar-refractivity contribution in [2.75, 3.05) is 0 Å². The van der Waals surface area contributed by atoms with E-state index in [9.17, 15) is 10.2 Å².